The van der Waals surface area contributed by atoms with Crippen molar-refractivity contribution in [2.45, 2.75) is 6.18 Å². The van der Waals surface area contributed by atoms with Crippen LogP contribution in [0.1, 0.15) is 10.4 Å². The molecule has 0 bridgehead atoms. The van der Waals surface area contributed by atoms with Crippen LogP contribution in [0.5, 0.6) is 0 Å². The quantitative estimate of drug-likeness (QED) is 0.606. The number of hydrogen-bond acceptors (Lipinski definition) is 2. The summed E-state index contributed by atoms with van der Waals surface area (Å²) in [5.74, 6) is -1.68. The second kappa shape index (κ2) is 4.38. The molecule has 0 aromatic heterocycles. The highest BCUT2D eigenvalue weighted by molar-refractivity contribution is 5.95. The van der Waals surface area contributed by atoms with Gasteiger partial charge in [0.2, 0.25) is 0 Å². The molecule has 0 spiro atoms. The minimum atomic E-state index is -4.48. The van der Waals surface area contributed by atoms with Crippen molar-refractivity contribution in [3.05, 3.63) is 29.6 Å². The van der Waals surface area contributed by atoms with Crippen LogP contribution in [0.4, 0.5) is 23.2 Å². The van der Waals surface area contributed by atoms with E-state index in [-0.39, 0.29) is 11.3 Å². The van der Waals surface area contributed by atoms with Crippen molar-refractivity contribution in [2.24, 2.45) is 0 Å². The van der Waals surface area contributed by atoms with Crippen LogP contribution in [0.2, 0.25) is 0 Å². The third kappa shape index (κ3) is 3.41. The second-order valence-corrected chi connectivity index (χ2v) is 3.03. The van der Waals surface area contributed by atoms with Crippen LogP contribution in [0.3, 0.4) is 0 Å². The summed E-state index contributed by atoms with van der Waals surface area (Å²) >= 11 is 0. The standard InChI is InChI=1S/C9H8F4N2O/c10-6-2-1-5(3-7(6)14)8(16)15-4-9(11,12)13/h1-3H,4,14H2,(H,15,16). The molecule has 0 radical (unpaired) electrons. The van der Waals surface area contributed by atoms with Gasteiger partial charge in [0, 0.05) is 5.56 Å². The van der Waals surface area contributed by atoms with Crippen molar-refractivity contribution in [1.82, 2.24) is 5.32 Å². The molecule has 0 aliphatic rings. The largest absolute Gasteiger partial charge is 0.405 e. The van der Waals surface area contributed by atoms with Gasteiger partial charge in [0.15, 0.2) is 0 Å². The van der Waals surface area contributed by atoms with Crippen molar-refractivity contribution in [3.63, 3.8) is 0 Å². The Bertz CT molecular complexity index is 403. The lowest BCUT2D eigenvalue weighted by Gasteiger charge is -2.08. The van der Waals surface area contributed by atoms with Gasteiger partial charge in [0.25, 0.3) is 5.91 Å². The third-order valence-electron chi connectivity index (χ3n) is 1.71. The number of nitrogens with two attached hydrogens (primary N) is 1. The number of rotatable bonds is 2. The summed E-state index contributed by atoms with van der Waals surface area (Å²) < 4.78 is 48.0. The highest BCUT2D eigenvalue weighted by Gasteiger charge is 2.27. The topological polar surface area (TPSA) is 55.1 Å². The highest BCUT2D eigenvalue weighted by Crippen LogP contribution is 2.14. The van der Waals surface area contributed by atoms with Crippen LogP contribution < -0.4 is 11.1 Å². The fourth-order valence-corrected chi connectivity index (χ4v) is 0.968. The average molecular weight is 236 g/mol. The molecular weight excluding hydrogens is 228 g/mol. The molecule has 0 aliphatic carbocycles. The first-order valence-electron chi connectivity index (χ1n) is 4.19. The normalized spacial score (nSPS) is 11.2. The molecule has 0 atom stereocenters. The zero-order valence-corrected chi connectivity index (χ0v) is 7.94. The van der Waals surface area contributed by atoms with Gasteiger partial charge in [-0.25, -0.2) is 4.39 Å². The Morgan fingerprint density at radius 2 is 2.00 bits per heavy atom. The van der Waals surface area contributed by atoms with Crippen LogP contribution in [0.25, 0.3) is 0 Å². The molecule has 0 unspecified atom stereocenters. The summed E-state index contributed by atoms with van der Waals surface area (Å²) in [5, 5.41) is 1.64. The van der Waals surface area contributed by atoms with E-state index in [1.54, 1.807) is 5.32 Å². The van der Waals surface area contributed by atoms with Crippen molar-refractivity contribution >= 4 is 11.6 Å². The minimum Gasteiger partial charge on any atom is -0.396 e. The van der Waals surface area contributed by atoms with Crippen molar-refractivity contribution in [3.8, 4) is 0 Å². The number of hydrogen-bond donors (Lipinski definition) is 2. The van der Waals surface area contributed by atoms with Crippen LogP contribution >= 0.6 is 0 Å². The van der Waals surface area contributed by atoms with E-state index in [1.165, 1.54) is 0 Å². The van der Waals surface area contributed by atoms with Crippen LogP contribution in [0.15, 0.2) is 18.2 Å². The Kier molecular flexibility index (Phi) is 3.36. The summed E-state index contributed by atoms with van der Waals surface area (Å²) in [6.07, 6.45) is -4.48. The molecule has 1 rings (SSSR count). The Balaban J connectivity index is 2.70. The second-order valence-electron chi connectivity index (χ2n) is 3.03. The van der Waals surface area contributed by atoms with E-state index in [0.717, 1.165) is 18.2 Å². The first kappa shape index (κ1) is 12.3. The number of carbonyl (C=O) groups is 1. The van der Waals surface area contributed by atoms with Gasteiger partial charge in [0.1, 0.15) is 12.4 Å². The summed E-state index contributed by atoms with van der Waals surface area (Å²) in [6.45, 7) is -1.44. The molecule has 3 N–H and O–H groups in total. The molecule has 7 heteroatoms. The minimum absolute atomic E-state index is 0.122. The molecular formula is C9H8F4N2O. The van der Waals surface area contributed by atoms with Gasteiger partial charge in [-0.1, -0.05) is 0 Å². The smallest absolute Gasteiger partial charge is 0.396 e. The molecule has 1 amide bonds. The van der Waals surface area contributed by atoms with Gasteiger partial charge in [-0.2, -0.15) is 13.2 Å². The molecule has 0 saturated carbocycles. The first-order valence-corrected chi connectivity index (χ1v) is 4.19. The number of amides is 1. The van der Waals surface area contributed by atoms with Gasteiger partial charge in [-0.3, -0.25) is 4.79 Å². The Morgan fingerprint density at radius 1 is 1.38 bits per heavy atom. The molecule has 88 valence electrons. The summed E-state index contributed by atoms with van der Waals surface area (Å²) in [7, 11) is 0. The maximum atomic E-state index is 12.7. The van der Waals surface area contributed by atoms with Gasteiger partial charge < -0.3 is 11.1 Å². The molecule has 1 aromatic carbocycles. The SMILES string of the molecule is Nc1cc(C(=O)NCC(F)(F)F)ccc1F. The number of carbonyl (C=O) groups excluding carboxylic acids is 1. The molecule has 0 aliphatic heterocycles. The molecule has 0 saturated heterocycles. The van der Waals surface area contributed by atoms with Gasteiger partial charge in [0.05, 0.1) is 5.69 Å². The Hall–Kier alpha value is -1.79. The first-order chi connectivity index (χ1) is 7.29. The predicted octanol–water partition coefficient (Wildman–Crippen LogP) is 1.70. The number of benzene rings is 1. The summed E-state index contributed by atoms with van der Waals surface area (Å²) in [6, 6.07) is 2.94. The highest BCUT2D eigenvalue weighted by atomic mass is 19.4. The van der Waals surface area contributed by atoms with Crippen molar-refractivity contribution in [2.75, 3.05) is 12.3 Å². The predicted molar refractivity (Wildman–Crippen MR) is 49.2 cm³/mol. The van der Waals surface area contributed by atoms with Crippen LogP contribution in [-0.4, -0.2) is 18.6 Å². The Morgan fingerprint density at radius 3 is 2.50 bits per heavy atom. The number of alkyl halides is 3. The Labute approximate surface area is 88.2 Å². The van der Waals surface area contributed by atoms with E-state index < -0.39 is 24.4 Å². The van der Waals surface area contributed by atoms with E-state index >= 15 is 0 Å². The summed E-state index contributed by atoms with van der Waals surface area (Å²) in [4.78, 5) is 11.2. The maximum Gasteiger partial charge on any atom is 0.405 e. The van der Waals surface area contributed by atoms with Gasteiger partial charge >= 0.3 is 6.18 Å². The van der Waals surface area contributed by atoms with Crippen molar-refractivity contribution in [1.29, 1.82) is 0 Å². The lowest BCUT2D eigenvalue weighted by Crippen LogP contribution is -2.33. The van der Waals surface area contributed by atoms with E-state index in [0.29, 0.717) is 0 Å². The molecule has 3 nitrogen and oxygen atoms in total. The maximum absolute atomic E-state index is 12.7. The van der Waals surface area contributed by atoms with Crippen molar-refractivity contribution < 1.29 is 22.4 Å². The lowest BCUT2D eigenvalue weighted by molar-refractivity contribution is -0.123. The number of anilines is 1. The van der Waals surface area contributed by atoms with Crippen LogP contribution in [0, 0.1) is 5.82 Å². The molecule has 0 heterocycles. The number of halogens is 4. The van der Waals surface area contributed by atoms with Crippen LogP contribution in [-0.2, 0) is 0 Å². The fourth-order valence-electron chi connectivity index (χ4n) is 0.968. The monoisotopic (exact) mass is 236 g/mol. The van der Waals surface area contributed by atoms with Gasteiger partial charge in [-0.05, 0) is 18.2 Å². The molecule has 1 aromatic rings. The van der Waals surface area contributed by atoms with E-state index in [9.17, 15) is 22.4 Å². The van der Waals surface area contributed by atoms with E-state index in [2.05, 4.69) is 0 Å². The fraction of sp³-hybridized carbons (Fsp3) is 0.222. The van der Waals surface area contributed by atoms with E-state index in [1.807, 2.05) is 0 Å². The third-order valence-corrected chi connectivity index (χ3v) is 1.71. The average Bonchev–Trinajstić information content (AvgIpc) is 2.17. The van der Waals surface area contributed by atoms with Gasteiger partial charge in [-0.15, -0.1) is 0 Å². The molecule has 0 fully saturated rings. The number of nitrogens with one attached hydrogen (secondary N) is 1. The van der Waals surface area contributed by atoms with E-state index in [4.69, 9.17) is 5.73 Å². The lowest BCUT2D eigenvalue weighted by atomic mass is 10.2. The zero-order valence-electron chi connectivity index (χ0n) is 7.94. The summed E-state index contributed by atoms with van der Waals surface area (Å²) in [5.41, 5.74) is 4.75. The molecule has 16 heavy (non-hydrogen) atoms. The number of nitrogen functional groups attached to an aromatic ring is 1. The zero-order chi connectivity index (χ0) is 12.3.